The summed E-state index contributed by atoms with van der Waals surface area (Å²) in [6, 6.07) is 0. The molecule has 0 aliphatic heterocycles. The number of hydrogen-bond acceptors (Lipinski definition) is 0. The van der Waals surface area contributed by atoms with Gasteiger partial charge in [-0.25, -0.2) is 0 Å². The second-order valence-corrected chi connectivity index (χ2v) is 7.95. The average molecular weight is 349 g/mol. The number of hydrogen-bond donors (Lipinski definition) is 0. The summed E-state index contributed by atoms with van der Waals surface area (Å²) in [6.45, 7) is 9.29. The van der Waals surface area contributed by atoms with Gasteiger partial charge in [-0.2, -0.15) is 0 Å². The Morgan fingerprint density at radius 1 is 0.400 bits per heavy atom. The van der Waals surface area contributed by atoms with Crippen LogP contribution in [0.4, 0.5) is 0 Å². The van der Waals surface area contributed by atoms with Gasteiger partial charge in [-0.3, -0.25) is 0 Å². The third-order valence-corrected chi connectivity index (χ3v) is 5.37. The van der Waals surface area contributed by atoms with Gasteiger partial charge < -0.3 is 0 Å². The fraction of sp³-hybridized carbons (Fsp3) is 0.880. The fourth-order valence-electron chi connectivity index (χ4n) is 3.62. The minimum atomic E-state index is 1.09. The Bertz CT molecular complexity index is 230. The first-order chi connectivity index (χ1) is 12.4. The molecule has 0 aromatic heterocycles. The molecule has 2 radical (unpaired) electrons. The van der Waals surface area contributed by atoms with Crippen molar-refractivity contribution in [2.45, 2.75) is 141 Å². The van der Waals surface area contributed by atoms with Gasteiger partial charge in [0.2, 0.25) is 0 Å². The molecule has 0 heteroatoms. The smallest absolute Gasteiger partial charge is 0.0348 e. The molecule has 0 saturated carbocycles. The Morgan fingerprint density at radius 2 is 0.640 bits per heavy atom. The maximum atomic E-state index is 5.39. The summed E-state index contributed by atoms with van der Waals surface area (Å²) in [5.74, 6) is 0. The lowest BCUT2D eigenvalue weighted by Crippen LogP contribution is -1.84. The van der Waals surface area contributed by atoms with E-state index < -0.39 is 0 Å². The molecule has 0 atom stereocenters. The summed E-state index contributed by atoms with van der Waals surface area (Å²) in [5, 5.41) is 0. The van der Waals surface area contributed by atoms with Crippen LogP contribution >= 0.6 is 0 Å². The van der Waals surface area contributed by atoms with Crippen molar-refractivity contribution in [1.82, 2.24) is 0 Å². The van der Waals surface area contributed by atoms with Crippen molar-refractivity contribution in [2.24, 2.45) is 0 Å². The normalized spacial score (nSPS) is 11.1. The van der Waals surface area contributed by atoms with Gasteiger partial charge in [-0.1, -0.05) is 148 Å². The van der Waals surface area contributed by atoms with Crippen molar-refractivity contribution < 1.29 is 0 Å². The molecule has 0 N–H and O–H groups in total. The monoisotopic (exact) mass is 348 g/mol. The molecule has 0 aliphatic carbocycles. The molecule has 0 fully saturated rings. The predicted octanol–water partition coefficient (Wildman–Crippen LogP) is 9.39. The first kappa shape index (κ1) is 24.7. The lowest BCUT2D eigenvalue weighted by Gasteiger charge is -2.04. The molecule has 0 bridgehead atoms. The quantitative estimate of drug-likeness (QED) is 0.171. The van der Waals surface area contributed by atoms with E-state index in [1.54, 1.807) is 6.08 Å². The third-order valence-electron chi connectivity index (χ3n) is 5.37. The molecule has 0 aromatic carbocycles. The van der Waals surface area contributed by atoms with Crippen molar-refractivity contribution in [3.8, 4) is 0 Å². The first-order valence-corrected chi connectivity index (χ1v) is 11.7. The Kier molecular flexibility index (Phi) is 23.5. The zero-order chi connectivity index (χ0) is 18.3. The van der Waals surface area contributed by atoms with Crippen molar-refractivity contribution in [3.63, 3.8) is 0 Å². The minimum Gasteiger partial charge on any atom is -0.0845 e. The summed E-state index contributed by atoms with van der Waals surface area (Å²) in [4.78, 5) is 0. The standard InChI is InChI=1S/C25H48/c1-3-5-7-9-11-13-15-17-19-21-23-25-24-22-20-18-16-14-12-10-8-6-4-2/h1,3H,2,4-25H2. The Morgan fingerprint density at radius 3 is 0.880 bits per heavy atom. The maximum Gasteiger partial charge on any atom is -0.0348 e. The molecule has 0 spiro atoms. The van der Waals surface area contributed by atoms with Crippen LogP contribution in [0.15, 0.2) is 6.08 Å². The molecule has 0 unspecified atom stereocenters. The zero-order valence-electron chi connectivity index (χ0n) is 17.4. The van der Waals surface area contributed by atoms with Gasteiger partial charge in [0.1, 0.15) is 0 Å². The van der Waals surface area contributed by atoms with Crippen LogP contribution in [0.5, 0.6) is 0 Å². The highest BCUT2D eigenvalue weighted by atomic mass is 14.0. The topological polar surface area (TPSA) is 0 Å². The molecular formula is C25H48. The lowest BCUT2D eigenvalue weighted by atomic mass is 10.0. The molecule has 0 saturated heterocycles. The van der Waals surface area contributed by atoms with E-state index in [1.165, 1.54) is 128 Å². The second kappa shape index (κ2) is 23.7. The fourth-order valence-corrected chi connectivity index (χ4v) is 3.62. The van der Waals surface area contributed by atoms with Crippen LogP contribution in [0.2, 0.25) is 0 Å². The highest BCUT2D eigenvalue weighted by Gasteiger charge is 1.95. The second-order valence-electron chi connectivity index (χ2n) is 7.95. The van der Waals surface area contributed by atoms with E-state index in [2.05, 4.69) is 6.92 Å². The Balaban J connectivity index is 2.95. The van der Waals surface area contributed by atoms with Crippen LogP contribution in [-0.4, -0.2) is 0 Å². The number of rotatable bonds is 22. The molecule has 0 nitrogen and oxygen atoms in total. The molecule has 0 heterocycles. The maximum absolute atomic E-state index is 5.39. The predicted molar refractivity (Wildman–Crippen MR) is 116 cm³/mol. The average Bonchev–Trinajstić information content (AvgIpc) is 2.63. The van der Waals surface area contributed by atoms with E-state index >= 15 is 0 Å². The molecule has 0 aromatic rings. The van der Waals surface area contributed by atoms with E-state index in [-0.39, 0.29) is 0 Å². The van der Waals surface area contributed by atoms with Gasteiger partial charge in [0.25, 0.3) is 0 Å². The lowest BCUT2D eigenvalue weighted by molar-refractivity contribution is 0.521. The van der Waals surface area contributed by atoms with Crippen LogP contribution in [0.25, 0.3) is 0 Å². The molecule has 148 valence electrons. The van der Waals surface area contributed by atoms with E-state index in [0.29, 0.717) is 0 Å². The summed E-state index contributed by atoms with van der Waals surface area (Å²) in [5.41, 5.74) is 0. The van der Waals surface area contributed by atoms with Gasteiger partial charge in [0.05, 0.1) is 0 Å². The van der Waals surface area contributed by atoms with Crippen LogP contribution in [-0.2, 0) is 0 Å². The van der Waals surface area contributed by atoms with Crippen LogP contribution in [0, 0.1) is 13.5 Å². The van der Waals surface area contributed by atoms with Crippen LogP contribution < -0.4 is 0 Å². The van der Waals surface area contributed by atoms with Crippen LogP contribution in [0.1, 0.15) is 141 Å². The third kappa shape index (κ3) is 23.7. The van der Waals surface area contributed by atoms with Crippen molar-refractivity contribution in [3.05, 3.63) is 19.6 Å². The Labute approximate surface area is 161 Å². The van der Waals surface area contributed by atoms with E-state index in [9.17, 15) is 0 Å². The van der Waals surface area contributed by atoms with Gasteiger partial charge >= 0.3 is 0 Å². The van der Waals surface area contributed by atoms with Gasteiger partial charge in [0.15, 0.2) is 0 Å². The van der Waals surface area contributed by atoms with Crippen molar-refractivity contribution >= 4 is 0 Å². The summed E-state index contributed by atoms with van der Waals surface area (Å²) >= 11 is 0. The van der Waals surface area contributed by atoms with E-state index in [0.717, 1.165) is 12.8 Å². The van der Waals surface area contributed by atoms with Gasteiger partial charge in [-0.05, 0) is 12.8 Å². The SMILES string of the molecule is [CH]=CCCCCCCCCCCCCCCCCCCCCCC[CH2]. The highest BCUT2D eigenvalue weighted by Crippen LogP contribution is 2.15. The largest absolute Gasteiger partial charge is 0.0845 e. The van der Waals surface area contributed by atoms with E-state index in [4.69, 9.17) is 6.58 Å². The van der Waals surface area contributed by atoms with E-state index in [1.807, 2.05) is 0 Å². The summed E-state index contributed by atoms with van der Waals surface area (Å²) in [7, 11) is 0. The summed E-state index contributed by atoms with van der Waals surface area (Å²) < 4.78 is 0. The molecule has 0 aliphatic rings. The van der Waals surface area contributed by atoms with Crippen molar-refractivity contribution in [1.29, 1.82) is 0 Å². The minimum absolute atomic E-state index is 1.09. The van der Waals surface area contributed by atoms with Crippen LogP contribution in [0.3, 0.4) is 0 Å². The first-order valence-electron chi connectivity index (χ1n) is 11.7. The van der Waals surface area contributed by atoms with Crippen molar-refractivity contribution in [2.75, 3.05) is 0 Å². The molecular weight excluding hydrogens is 300 g/mol. The molecule has 0 rings (SSSR count). The number of allylic oxidation sites excluding steroid dienone is 1. The number of unbranched alkanes of at least 4 members (excludes halogenated alkanes) is 21. The summed E-state index contributed by atoms with van der Waals surface area (Å²) in [6.07, 6.45) is 32.7. The van der Waals surface area contributed by atoms with Gasteiger partial charge in [-0.15, -0.1) is 0 Å². The highest BCUT2D eigenvalue weighted by molar-refractivity contribution is 4.61. The van der Waals surface area contributed by atoms with Gasteiger partial charge in [0, 0.05) is 0 Å². The Hall–Kier alpha value is -0.260. The molecule has 25 heavy (non-hydrogen) atoms. The molecule has 0 amide bonds. The zero-order valence-corrected chi connectivity index (χ0v) is 17.4.